The third kappa shape index (κ3) is 2.46. The van der Waals surface area contributed by atoms with Crippen LogP contribution < -0.4 is 0 Å². The quantitative estimate of drug-likeness (QED) is 0.789. The Morgan fingerprint density at radius 3 is 2.84 bits per heavy atom. The maximum atomic E-state index is 11.5. The van der Waals surface area contributed by atoms with E-state index in [0.717, 1.165) is 5.69 Å². The number of aryl methyl sites for hydroxylation is 1. The van der Waals surface area contributed by atoms with Gasteiger partial charge in [0.25, 0.3) is 0 Å². The Morgan fingerprint density at radius 1 is 1.37 bits per heavy atom. The molecule has 2 aromatic rings. The molecule has 0 saturated carbocycles. The number of rotatable bonds is 3. The molecule has 0 unspecified atom stereocenters. The van der Waals surface area contributed by atoms with Gasteiger partial charge in [-0.3, -0.25) is 4.79 Å². The van der Waals surface area contributed by atoms with Crippen molar-refractivity contribution in [3.63, 3.8) is 0 Å². The molecule has 1 aromatic heterocycles. The molecule has 7 heteroatoms. The summed E-state index contributed by atoms with van der Waals surface area (Å²) in [5.74, 6) is -0.191. The highest BCUT2D eigenvalue weighted by Crippen LogP contribution is 2.28. The molecule has 1 fully saturated rings. The highest BCUT2D eigenvalue weighted by molar-refractivity contribution is 8.00. The maximum absolute atomic E-state index is 11.5. The largest absolute Gasteiger partial charge is 0.465 e. The molecule has 0 aliphatic carbocycles. The average Bonchev–Trinajstić information content (AvgIpc) is 3.01. The van der Waals surface area contributed by atoms with Crippen LogP contribution >= 0.6 is 11.8 Å². The number of benzene rings is 1. The van der Waals surface area contributed by atoms with Crippen LogP contribution in [-0.4, -0.2) is 38.0 Å². The first-order valence-corrected chi connectivity index (χ1v) is 6.81. The van der Waals surface area contributed by atoms with E-state index in [-0.39, 0.29) is 11.2 Å². The maximum Gasteiger partial charge on any atom is 0.319 e. The number of hydrogen-bond acceptors (Lipinski definition) is 6. The van der Waals surface area contributed by atoms with Crippen molar-refractivity contribution in [2.45, 2.75) is 23.8 Å². The van der Waals surface area contributed by atoms with E-state index in [9.17, 15) is 4.79 Å². The summed E-state index contributed by atoms with van der Waals surface area (Å²) in [4.78, 5) is 11.5. The van der Waals surface area contributed by atoms with Gasteiger partial charge >= 0.3 is 5.97 Å². The Kier molecular flexibility index (Phi) is 3.20. The number of nitrogens with zero attached hydrogens (tertiary/aromatic N) is 4. The minimum absolute atomic E-state index is 0.191. The number of ether oxygens (including phenoxy) is 1. The van der Waals surface area contributed by atoms with Gasteiger partial charge in [-0.25, -0.2) is 0 Å². The van der Waals surface area contributed by atoms with E-state index >= 15 is 0 Å². The molecule has 6 nitrogen and oxygen atoms in total. The first-order chi connectivity index (χ1) is 9.24. The Labute approximate surface area is 114 Å². The Morgan fingerprint density at radius 2 is 2.16 bits per heavy atom. The third-order valence-corrected chi connectivity index (χ3v) is 4.03. The normalized spacial score (nSPS) is 18.6. The zero-order valence-corrected chi connectivity index (χ0v) is 11.1. The van der Waals surface area contributed by atoms with Crippen molar-refractivity contribution in [3.8, 4) is 5.69 Å². The summed E-state index contributed by atoms with van der Waals surface area (Å²) in [6.07, 6.45) is 0.699. The van der Waals surface area contributed by atoms with E-state index in [1.165, 1.54) is 17.3 Å². The van der Waals surface area contributed by atoms with E-state index in [1.807, 2.05) is 31.2 Å². The number of carbonyl (C=O) groups excluding carboxylic acids is 1. The lowest BCUT2D eigenvalue weighted by atomic mass is 10.2. The Bertz CT molecular complexity index is 596. The molecule has 1 aromatic carbocycles. The zero-order chi connectivity index (χ0) is 13.2. The predicted octanol–water partition coefficient (Wildman–Crippen LogP) is 1.38. The number of cyclic esters (lactones) is 1. The molecule has 1 aliphatic rings. The molecule has 3 rings (SSSR count). The van der Waals surface area contributed by atoms with Crippen LogP contribution in [0.3, 0.4) is 0 Å². The highest BCUT2D eigenvalue weighted by Gasteiger charge is 2.29. The van der Waals surface area contributed by atoms with Crippen LogP contribution in [0, 0.1) is 6.92 Å². The summed E-state index contributed by atoms with van der Waals surface area (Å²) in [6, 6.07) is 7.88. The SMILES string of the molecule is Cc1ccc(-n2nnnc2S[C@@H]2CCOC2=O)cc1. The molecule has 1 aliphatic heterocycles. The lowest BCUT2D eigenvalue weighted by molar-refractivity contribution is -0.137. The zero-order valence-electron chi connectivity index (χ0n) is 10.3. The van der Waals surface area contributed by atoms with Gasteiger partial charge in [0.05, 0.1) is 12.3 Å². The fraction of sp³-hybridized carbons (Fsp3) is 0.333. The van der Waals surface area contributed by atoms with Crippen LogP contribution in [0.5, 0.6) is 0 Å². The minimum Gasteiger partial charge on any atom is -0.465 e. The lowest BCUT2D eigenvalue weighted by Crippen LogP contribution is -2.11. The van der Waals surface area contributed by atoms with Gasteiger partial charge in [-0.2, -0.15) is 4.68 Å². The van der Waals surface area contributed by atoms with Gasteiger partial charge in [0, 0.05) is 6.42 Å². The van der Waals surface area contributed by atoms with Gasteiger partial charge in [-0.05, 0) is 29.5 Å². The number of thioether (sulfide) groups is 1. The predicted molar refractivity (Wildman–Crippen MR) is 69.1 cm³/mol. The van der Waals surface area contributed by atoms with Crippen molar-refractivity contribution in [3.05, 3.63) is 29.8 Å². The summed E-state index contributed by atoms with van der Waals surface area (Å²) in [5.41, 5.74) is 2.05. The molecule has 1 saturated heterocycles. The van der Waals surface area contributed by atoms with Gasteiger partial charge < -0.3 is 4.74 Å². The molecular formula is C12H12N4O2S. The van der Waals surface area contributed by atoms with Gasteiger partial charge in [0.1, 0.15) is 5.25 Å². The molecule has 1 atom stereocenters. The molecule has 2 heterocycles. The number of hydrogen-bond donors (Lipinski definition) is 0. The van der Waals surface area contributed by atoms with Gasteiger partial charge in [-0.1, -0.05) is 29.5 Å². The number of esters is 1. The van der Waals surface area contributed by atoms with Crippen LogP contribution in [0.1, 0.15) is 12.0 Å². The molecule has 0 amide bonds. The molecule has 0 N–H and O–H groups in total. The summed E-state index contributed by atoms with van der Waals surface area (Å²) in [5, 5.41) is 12.0. The third-order valence-electron chi connectivity index (χ3n) is 2.85. The Balaban J connectivity index is 1.86. The summed E-state index contributed by atoms with van der Waals surface area (Å²) >= 11 is 1.34. The van der Waals surface area contributed by atoms with Crippen molar-refractivity contribution >= 4 is 17.7 Å². The van der Waals surface area contributed by atoms with Crippen LogP contribution in [0.2, 0.25) is 0 Å². The van der Waals surface area contributed by atoms with Crippen LogP contribution in [0.4, 0.5) is 0 Å². The minimum atomic E-state index is -0.213. The lowest BCUT2D eigenvalue weighted by Gasteiger charge is -2.06. The van der Waals surface area contributed by atoms with Gasteiger partial charge in [-0.15, -0.1) is 5.10 Å². The van der Waals surface area contributed by atoms with E-state index in [0.29, 0.717) is 18.2 Å². The fourth-order valence-electron chi connectivity index (χ4n) is 1.81. The second-order valence-corrected chi connectivity index (χ2v) is 5.44. The number of aromatic nitrogens is 4. The smallest absolute Gasteiger partial charge is 0.319 e. The summed E-state index contributed by atoms with van der Waals surface area (Å²) in [7, 11) is 0. The average molecular weight is 276 g/mol. The molecular weight excluding hydrogens is 264 g/mol. The highest BCUT2D eigenvalue weighted by atomic mass is 32.2. The first kappa shape index (κ1) is 12.2. The summed E-state index contributed by atoms with van der Waals surface area (Å²) < 4.78 is 6.57. The molecule has 98 valence electrons. The van der Waals surface area contributed by atoms with Crippen LogP contribution in [-0.2, 0) is 9.53 Å². The van der Waals surface area contributed by atoms with Gasteiger partial charge in [0.15, 0.2) is 0 Å². The fourth-order valence-corrected chi connectivity index (χ4v) is 2.77. The summed E-state index contributed by atoms with van der Waals surface area (Å²) in [6.45, 7) is 2.50. The van der Waals surface area contributed by atoms with Crippen LogP contribution in [0.15, 0.2) is 29.4 Å². The Hall–Kier alpha value is -1.89. The number of carbonyl (C=O) groups is 1. The second kappa shape index (κ2) is 5.00. The molecule has 0 spiro atoms. The van der Waals surface area contributed by atoms with Gasteiger partial charge in [0.2, 0.25) is 5.16 Å². The van der Waals surface area contributed by atoms with Crippen LogP contribution in [0.25, 0.3) is 5.69 Å². The monoisotopic (exact) mass is 276 g/mol. The van der Waals surface area contributed by atoms with Crippen molar-refractivity contribution in [2.75, 3.05) is 6.61 Å². The molecule has 0 bridgehead atoms. The van der Waals surface area contributed by atoms with Crippen molar-refractivity contribution in [2.24, 2.45) is 0 Å². The second-order valence-electron chi connectivity index (χ2n) is 4.27. The topological polar surface area (TPSA) is 69.9 Å². The van der Waals surface area contributed by atoms with E-state index in [1.54, 1.807) is 4.68 Å². The number of tetrazole rings is 1. The van der Waals surface area contributed by atoms with E-state index in [2.05, 4.69) is 15.5 Å². The van der Waals surface area contributed by atoms with Crippen molar-refractivity contribution in [1.82, 2.24) is 20.2 Å². The molecule has 19 heavy (non-hydrogen) atoms. The standard InChI is InChI=1S/C12H12N4O2S/c1-8-2-4-9(5-3-8)16-12(13-14-15-16)19-10-6-7-18-11(10)17/h2-5,10H,6-7H2,1H3/t10-/m1/s1. The van der Waals surface area contributed by atoms with E-state index in [4.69, 9.17) is 4.74 Å². The van der Waals surface area contributed by atoms with E-state index < -0.39 is 0 Å². The molecule has 0 radical (unpaired) electrons. The van der Waals surface area contributed by atoms with Crippen molar-refractivity contribution in [1.29, 1.82) is 0 Å². The first-order valence-electron chi connectivity index (χ1n) is 5.93. The van der Waals surface area contributed by atoms with Crippen molar-refractivity contribution < 1.29 is 9.53 Å².